The summed E-state index contributed by atoms with van der Waals surface area (Å²) < 4.78 is 5.45. The Bertz CT molecular complexity index is 894. The maximum absolute atomic E-state index is 12.9. The molecule has 2 aromatic heterocycles. The zero-order valence-electron chi connectivity index (χ0n) is 15.5. The van der Waals surface area contributed by atoms with E-state index in [-0.39, 0.29) is 11.5 Å². The zero-order chi connectivity index (χ0) is 19.0. The molecule has 27 heavy (non-hydrogen) atoms. The van der Waals surface area contributed by atoms with E-state index in [1.807, 2.05) is 12.1 Å². The van der Waals surface area contributed by atoms with Crippen LogP contribution in [0, 0.1) is 6.92 Å². The molecule has 3 heterocycles. The van der Waals surface area contributed by atoms with E-state index in [9.17, 15) is 14.7 Å². The summed E-state index contributed by atoms with van der Waals surface area (Å²) in [7, 11) is 0. The average molecular weight is 368 g/mol. The second kappa shape index (κ2) is 6.93. The number of rotatable bonds is 3. The van der Waals surface area contributed by atoms with Crippen LogP contribution in [0.3, 0.4) is 0 Å². The molecule has 0 unspecified atom stereocenters. The van der Waals surface area contributed by atoms with Crippen molar-refractivity contribution in [3.8, 4) is 0 Å². The fourth-order valence-corrected chi connectivity index (χ4v) is 3.95. The third kappa shape index (κ3) is 3.30. The van der Waals surface area contributed by atoms with Crippen LogP contribution >= 0.6 is 0 Å². The molecule has 0 radical (unpaired) electrons. The number of aromatic nitrogens is 1. The van der Waals surface area contributed by atoms with Gasteiger partial charge in [-0.3, -0.25) is 9.78 Å². The molecule has 1 amide bonds. The number of aryl methyl sites for hydroxylation is 1. The summed E-state index contributed by atoms with van der Waals surface area (Å²) in [5.74, 6) is 0.699. The summed E-state index contributed by atoms with van der Waals surface area (Å²) in [6.07, 6.45) is 7.38. The Kier molecular flexibility index (Phi) is 4.60. The van der Waals surface area contributed by atoms with Gasteiger partial charge in [0.15, 0.2) is 0 Å². The molecule has 142 valence electrons. The fraction of sp³-hybridized carbons (Fsp3) is 0.476. The quantitative estimate of drug-likeness (QED) is 0.901. The Hall–Kier alpha value is -2.47. The standard InChI is InChI=1S/C21H24N2O4/c1-14-12-17(15-4-2-5-15)27-20(25)18(14)19(24)23-10-7-21(26,8-11-23)16-6-3-9-22-13-16/h3,6,9,12-13,15,26H,2,4-5,7-8,10-11H2,1H3. The van der Waals surface area contributed by atoms with Crippen molar-refractivity contribution in [2.45, 2.75) is 50.5 Å². The van der Waals surface area contributed by atoms with Crippen molar-refractivity contribution in [1.29, 1.82) is 0 Å². The molecule has 2 fully saturated rings. The molecule has 4 rings (SSSR count). The van der Waals surface area contributed by atoms with Gasteiger partial charge >= 0.3 is 5.63 Å². The van der Waals surface area contributed by atoms with Crippen LogP contribution in [0.1, 0.15) is 65.3 Å². The molecule has 1 aliphatic carbocycles. The van der Waals surface area contributed by atoms with Crippen LogP contribution in [-0.4, -0.2) is 34.0 Å². The number of carbonyl (C=O) groups excluding carboxylic acids is 1. The SMILES string of the molecule is Cc1cc(C2CCC2)oc(=O)c1C(=O)N1CCC(O)(c2cccnc2)CC1. The molecule has 6 heteroatoms. The molecule has 0 spiro atoms. The minimum absolute atomic E-state index is 0.116. The number of likely N-dealkylation sites (tertiary alicyclic amines) is 1. The third-order valence-electron chi connectivity index (χ3n) is 5.97. The van der Waals surface area contributed by atoms with Gasteiger partial charge in [-0.1, -0.05) is 12.5 Å². The molecule has 1 N–H and O–H groups in total. The number of pyridine rings is 1. The number of nitrogens with zero attached hydrogens (tertiary/aromatic N) is 2. The second-order valence-electron chi connectivity index (χ2n) is 7.69. The Labute approximate surface area is 157 Å². The van der Waals surface area contributed by atoms with E-state index in [0.29, 0.717) is 43.2 Å². The van der Waals surface area contributed by atoms with Crippen LogP contribution in [0.25, 0.3) is 0 Å². The van der Waals surface area contributed by atoms with E-state index in [1.165, 1.54) is 0 Å². The first-order valence-electron chi connectivity index (χ1n) is 9.55. The summed E-state index contributed by atoms with van der Waals surface area (Å²) in [5, 5.41) is 10.9. The molecular weight excluding hydrogens is 344 g/mol. The lowest BCUT2D eigenvalue weighted by atomic mass is 9.83. The predicted molar refractivity (Wildman–Crippen MR) is 99.6 cm³/mol. The number of hydrogen-bond donors (Lipinski definition) is 1. The molecule has 1 saturated heterocycles. The second-order valence-corrected chi connectivity index (χ2v) is 7.69. The van der Waals surface area contributed by atoms with Gasteiger partial charge in [0.25, 0.3) is 5.91 Å². The Morgan fingerprint density at radius 2 is 2.07 bits per heavy atom. The topological polar surface area (TPSA) is 83.6 Å². The molecule has 2 aliphatic rings. The molecular formula is C21H24N2O4. The van der Waals surface area contributed by atoms with Crippen molar-refractivity contribution in [2.24, 2.45) is 0 Å². The molecule has 1 aliphatic heterocycles. The normalized spacial score (nSPS) is 19.6. The van der Waals surface area contributed by atoms with Crippen LogP contribution in [0.2, 0.25) is 0 Å². The van der Waals surface area contributed by atoms with E-state index in [2.05, 4.69) is 4.98 Å². The van der Waals surface area contributed by atoms with Gasteiger partial charge in [-0.15, -0.1) is 0 Å². The summed E-state index contributed by atoms with van der Waals surface area (Å²) in [6.45, 7) is 2.56. The van der Waals surface area contributed by atoms with E-state index < -0.39 is 11.2 Å². The van der Waals surface area contributed by atoms with Gasteiger partial charge in [-0.05, 0) is 50.3 Å². The smallest absolute Gasteiger partial charge is 0.349 e. The molecule has 0 atom stereocenters. The summed E-state index contributed by atoms with van der Waals surface area (Å²) >= 11 is 0. The summed E-state index contributed by atoms with van der Waals surface area (Å²) in [6, 6.07) is 5.49. The van der Waals surface area contributed by atoms with Gasteiger partial charge in [0.1, 0.15) is 11.3 Å². The van der Waals surface area contributed by atoms with Gasteiger partial charge in [0.2, 0.25) is 0 Å². The van der Waals surface area contributed by atoms with Crippen molar-refractivity contribution in [3.05, 3.63) is 63.5 Å². The lowest BCUT2D eigenvalue weighted by Gasteiger charge is -2.38. The van der Waals surface area contributed by atoms with Crippen molar-refractivity contribution in [3.63, 3.8) is 0 Å². The van der Waals surface area contributed by atoms with Crippen LogP contribution in [0.5, 0.6) is 0 Å². The highest BCUT2D eigenvalue weighted by Crippen LogP contribution is 2.36. The first-order valence-corrected chi connectivity index (χ1v) is 9.55. The van der Waals surface area contributed by atoms with Gasteiger partial charge in [0.05, 0.1) is 5.60 Å². The number of aliphatic hydroxyl groups is 1. The van der Waals surface area contributed by atoms with Crippen LogP contribution in [0.15, 0.2) is 39.8 Å². The highest BCUT2D eigenvalue weighted by molar-refractivity contribution is 5.95. The fourth-order valence-electron chi connectivity index (χ4n) is 3.95. The maximum atomic E-state index is 12.9. The molecule has 0 aromatic carbocycles. The largest absolute Gasteiger partial charge is 0.427 e. The summed E-state index contributed by atoms with van der Waals surface area (Å²) in [5.41, 5.74) is 0.0162. The van der Waals surface area contributed by atoms with Crippen molar-refractivity contribution in [1.82, 2.24) is 9.88 Å². The highest BCUT2D eigenvalue weighted by Gasteiger charge is 2.37. The van der Waals surface area contributed by atoms with Gasteiger partial charge < -0.3 is 14.4 Å². The summed E-state index contributed by atoms with van der Waals surface area (Å²) in [4.78, 5) is 31.1. The van der Waals surface area contributed by atoms with Crippen LogP contribution in [0.4, 0.5) is 0 Å². The van der Waals surface area contributed by atoms with Crippen molar-refractivity contribution in [2.75, 3.05) is 13.1 Å². The molecule has 2 aromatic rings. The maximum Gasteiger partial charge on any atom is 0.349 e. The molecule has 0 bridgehead atoms. The Morgan fingerprint density at radius 1 is 1.33 bits per heavy atom. The number of amides is 1. The number of piperidine rings is 1. The molecule has 6 nitrogen and oxygen atoms in total. The number of carbonyl (C=O) groups is 1. The Balaban J connectivity index is 1.51. The molecule has 1 saturated carbocycles. The zero-order valence-corrected chi connectivity index (χ0v) is 15.5. The Morgan fingerprint density at radius 3 is 2.63 bits per heavy atom. The first kappa shape index (κ1) is 17.9. The van der Waals surface area contributed by atoms with E-state index in [4.69, 9.17) is 4.42 Å². The third-order valence-corrected chi connectivity index (χ3v) is 5.97. The van der Waals surface area contributed by atoms with Crippen LogP contribution < -0.4 is 5.63 Å². The van der Waals surface area contributed by atoms with Crippen molar-refractivity contribution >= 4 is 5.91 Å². The van der Waals surface area contributed by atoms with E-state index in [1.54, 1.807) is 30.3 Å². The average Bonchev–Trinajstić information content (AvgIpc) is 2.61. The van der Waals surface area contributed by atoms with Crippen molar-refractivity contribution < 1.29 is 14.3 Å². The predicted octanol–water partition coefficient (Wildman–Crippen LogP) is 2.73. The van der Waals surface area contributed by atoms with E-state index in [0.717, 1.165) is 24.8 Å². The lowest BCUT2D eigenvalue weighted by Crippen LogP contribution is -2.46. The van der Waals surface area contributed by atoms with E-state index >= 15 is 0 Å². The first-order chi connectivity index (χ1) is 13.0. The lowest BCUT2D eigenvalue weighted by molar-refractivity contribution is -0.0214. The van der Waals surface area contributed by atoms with Gasteiger partial charge in [-0.2, -0.15) is 0 Å². The minimum atomic E-state index is -0.987. The van der Waals surface area contributed by atoms with Crippen LogP contribution in [-0.2, 0) is 5.60 Å². The van der Waals surface area contributed by atoms with Gasteiger partial charge in [-0.25, -0.2) is 4.79 Å². The number of hydrogen-bond acceptors (Lipinski definition) is 5. The minimum Gasteiger partial charge on any atom is -0.427 e. The highest BCUT2D eigenvalue weighted by atomic mass is 16.4. The van der Waals surface area contributed by atoms with Gasteiger partial charge in [0, 0.05) is 37.0 Å². The monoisotopic (exact) mass is 368 g/mol.